The zero-order valence-corrected chi connectivity index (χ0v) is 12.4. The number of benzene rings is 2. The Morgan fingerprint density at radius 3 is 1.64 bits per heavy atom. The van der Waals surface area contributed by atoms with E-state index in [1.54, 1.807) is 0 Å². The third kappa shape index (κ3) is 1.45. The fraction of sp³-hybridized carbons (Fsp3) is 0.200. The van der Waals surface area contributed by atoms with E-state index in [4.69, 9.17) is 0 Å². The Balaban J connectivity index is 1.79. The van der Waals surface area contributed by atoms with Gasteiger partial charge < -0.3 is 9.97 Å². The SMILES string of the molecule is c1ccc2c(C3(c4c[nH]c5ccccc45)CCC3)c[nH]c2c1. The van der Waals surface area contributed by atoms with Gasteiger partial charge in [-0.05, 0) is 36.1 Å². The molecular weight excluding hydrogens is 268 g/mol. The van der Waals surface area contributed by atoms with Crippen molar-refractivity contribution in [2.24, 2.45) is 0 Å². The summed E-state index contributed by atoms with van der Waals surface area (Å²) in [6, 6.07) is 17.3. The average molecular weight is 286 g/mol. The van der Waals surface area contributed by atoms with E-state index in [0.717, 1.165) is 0 Å². The van der Waals surface area contributed by atoms with Gasteiger partial charge in [-0.15, -0.1) is 0 Å². The fourth-order valence-electron chi connectivity index (χ4n) is 4.15. The molecule has 1 saturated carbocycles. The molecule has 2 heteroatoms. The molecule has 2 nitrogen and oxygen atoms in total. The van der Waals surface area contributed by atoms with Crippen LogP contribution >= 0.6 is 0 Å². The first-order valence-corrected chi connectivity index (χ1v) is 8.02. The van der Waals surface area contributed by atoms with Crippen molar-refractivity contribution < 1.29 is 0 Å². The Morgan fingerprint density at radius 2 is 1.18 bits per heavy atom. The summed E-state index contributed by atoms with van der Waals surface area (Å²) < 4.78 is 0. The van der Waals surface area contributed by atoms with E-state index >= 15 is 0 Å². The summed E-state index contributed by atoms with van der Waals surface area (Å²) in [5, 5.41) is 2.74. The van der Waals surface area contributed by atoms with Crippen LogP contribution in [-0.4, -0.2) is 9.97 Å². The molecule has 0 saturated heterocycles. The fourth-order valence-corrected chi connectivity index (χ4v) is 4.15. The summed E-state index contributed by atoms with van der Waals surface area (Å²) in [5.41, 5.74) is 5.56. The standard InChI is InChI=1S/C20H18N2/c1-3-8-18-14(6-1)16(12-21-18)20(10-5-11-20)17-13-22-19-9-4-2-7-15(17)19/h1-4,6-9,12-13,21-22H,5,10-11H2. The van der Waals surface area contributed by atoms with Crippen molar-refractivity contribution >= 4 is 21.8 Å². The van der Waals surface area contributed by atoms with Crippen molar-refractivity contribution in [3.05, 3.63) is 72.1 Å². The van der Waals surface area contributed by atoms with Gasteiger partial charge in [-0.3, -0.25) is 0 Å². The van der Waals surface area contributed by atoms with E-state index in [-0.39, 0.29) is 5.41 Å². The Morgan fingerprint density at radius 1 is 0.682 bits per heavy atom. The predicted octanol–water partition coefficient (Wildman–Crippen LogP) is 5.12. The number of hydrogen-bond donors (Lipinski definition) is 2. The van der Waals surface area contributed by atoms with Crippen LogP contribution in [0.4, 0.5) is 0 Å². The molecule has 0 unspecified atom stereocenters. The molecule has 2 aromatic heterocycles. The Hall–Kier alpha value is -2.48. The van der Waals surface area contributed by atoms with Crippen LogP contribution in [0.3, 0.4) is 0 Å². The van der Waals surface area contributed by atoms with Gasteiger partial charge in [0.05, 0.1) is 0 Å². The lowest BCUT2D eigenvalue weighted by Gasteiger charge is -2.42. The zero-order chi connectivity index (χ0) is 14.6. The van der Waals surface area contributed by atoms with Crippen molar-refractivity contribution in [2.45, 2.75) is 24.7 Å². The molecule has 4 aromatic rings. The highest BCUT2D eigenvalue weighted by Crippen LogP contribution is 2.52. The maximum absolute atomic E-state index is 3.46. The molecule has 1 aliphatic rings. The van der Waals surface area contributed by atoms with Gasteiger partial charge in [-0.2, -0.15) is 0 Å². The number of hydrogen-bond acceptors (Lipinski definition) is 0. The molecule has 0 bridgehead atoms. The van der Waals surface area contributed by atoms with Gasteiger partial charge in [0, 0.05) is 39.6 Å². The van der Waals surface area contributed by atoms with Gasteiger partial charge in [0.15, 0.2) is 0 Å². The smallest absolute Gasteiger partial charge is 0.0457 e. The monoisotopic (exact) mass is 286 g/mol. The molecular formula is C20H18N2. The van der Waals surface area contributed by atoms with E-state index in [0.29, 0.717) is 0 Å². The number of H-pyrrole nitrogens is 2. The topological polar surface area (TPSA) is 31.6 Å². The quantitative estimate of drug-likeness (QED) is 0.512. The largest absolute Gasteiger partial charge is 0.361 e. The highest BCUT2D eigenvalue weighted by Gasteiger charge is 2.43. The van der Waals surface area contributed by atoms with Crippen molar-refractivity contribution in [3.8, 4) is 0 Å². The van der Waals surface area contributed by atoms with E-state index < -0.39 is 0 Å². The number of fused-ring (bicyclic) bond motifs is 2. The van der Waals surface area contributed by atoms with Gasteiger partial charge in [-0.25, -0.2) is 0 Å². The molecule has 0 spiro atoms. The van der Waals surface area contributed by atoms with Crippen LogP contribution in [0.25, 0.3) is 21.8 Å². The lowest BCUT2D eigenvalue weighted by molar-refractivity contribution is 0.306. The number of rotatable bonds is 2. The first-order chi connectivity index (χ1) is 10.9. The number of aromatic nitrogens is 2. The van der Waals surface area contributed by atoms with Crippen LogP contribution in [0.5, 0.6) is 0 Å². The Bertz CT molecular complexity index is 893. The molecule has 0 amide bonds. The molecule has 0 radical (unpaired) electrons. The van der Waals surface area contributed by atoms with Crippen molar-refractivity contribution in [1.82, 2.24) is 9.97 Å². The summed E-state index contributed by atoms with van der Waals surface area (Å²) in [4.78, 5) is 6.92. The van der Waals surface area contributed by atoms with Gasteiger partial charge >= 0.3 is 0 Å². The molecule has 108 valence electrons. The van der Waals surface area contributed by atoms with Crippen LogP contribution < -0.4 is 0 Å². The summed E-state index contributed by atoms with van der Waals surface area (Å²) in [7, 11) is 0. The molecule has 0 aliphatic heterocycles. The van der Waals surface area contributed by atoms with E-state index in [1.807, 2.05) is 0 Å². The minimum absolute atomic E-state index is 0.166. The third-order valence-electron chi connectivity index (χ3n) is 5.42. The molecule has 0 atom stereocenters. The lowest BCUT2D eigenvalue weighted by Crippen LogP contribution is -2.35. The highest BCUT2D eigenvalue weighted by atomic mass is 14.7. The summed E-state index contributed by atoms with van der Waals surface area (Å²) in [6.07, 6.45) is 8.23. The van der Waals surface area contributed by atoms with Crippen LogP contribution in [0, 0.1) is 0 Å². The van der Waals surface area contributed by atoms with Gasteiger partial charge in [0.1, 0.15) is 0 Å². The predicted molar refractivity (Wildman–Crippen MR) is 91.2 cm³/mol. The van der Waals surface area contributed by atoms with E-state index in [9.17, 15) is 0 Å². The second-order valence-electron chi connectivity index (χ2n) is 6.43. The second-order valence-corrected chi connectivity index (χ2v) is 6.43. The zero-order valence-electron chi connectivity index (χ0n) is 12.4. The van der Waals surface area contributed by atoms with Gasteiger partial charge in [-0.1, -0.05) is 42.8 Å². The van der Waals surface area contributed by atoms with E-state index in [2.05, 4.69) is 70.9 Å². The molecule has 2 N–H and O–H groups in total. The normalized spacial score (nSPS) is 16.9. The lowest BCUT2D eigenvalue weighted by atomic mass is 9.60. The number of para-hydroxylation sites is 2. The first-order valence-electron chi connectivity index (χ1n) is 8.02. The molecule has 1 fully saturated rings. The molecule has 1 aliphatic carbocycles. The van der Waals surface area contributed by atoms with Crippen LogP contribution in [-0.2, 0) is 5.41 Å². The van der Waals surface area contributed by atoms with Crippen molar-refractivity contribution in [1.29, 1.82) is 0 Å². The third-order valence-corrected chi connectivity index (χ3v) is 5.42. The summed E-state index contributed by atoms with van der Waals surface area (Å²) >= 11 is 0. The molecule has 2 heterocycles. The summed E-state index contributed by atoms with van der Waals surface area (Å²) in [6.45, 7) is 0. The molecule has 22 heavy (non-hydrogen) atoms. The number of aromatic amines is 2. The second kappa shape index (κ2) is 4.26. The van der Waals surface area contributed by atoms with Crippen LogP contribution in [0.15, 0.2) is 60.9 Å². The highest BCUT2D eigenvalue weighted by molar-refractivity contribution is 5.89. The average Bonchev–Trinajstić information content (AvgIpc) is 3.13. The molecule has 2 aromatic carbocycles. The van der Waals surface area contributed by atoms with Crippen LogP contribution in [0.1, 0.15) is 30.4 Å². The Kier molecular flexibility index (Phi) is 2.34. The maximum Gasteiger partial charge on any atom is 0.0457 e. The van der Waals surface area contributed by atoms with Gasteiger partial charge in [0.25, 0.3) is 0 Å². The summed E-state index contributed by atoms with van der Waals surface area (Å²) in [5.74, 6) is 0. The van der Waals surface area contributed by atoms with Crippen LogP contribution in [0.2, 0.25) is 0 Å². The maximum atomic E-state index is 3.46. The van der Waals surface area contributed by atoms with Crippen molar-refractivity contribution in [2.75, 3.05) is 0 Å². The minimum atomic E-state index is 0.166. The first kappa shape index (κ1) is 12.1. The Labute approximate surface area is 129 Å². The number of nitrogens with one attached hydrogen (secondary N) is 2. The molecule has 5 rings (SSSR count). The van der Waals surface area contributed by atoms with E-state index in [1.165, 1.54) is 52.2 Å². The van der Waals surface area contributed by atoms with Crippen molar-refractivity contribution in [3.63, 3.8) is 0 Å². The minimum Gasteiger partial charge on any atom is -0.361 e. The van der Waals surface area contributed by atoms with Gasteiger partial charge in [0.2, 0.25) is 0 Å².